The fraction of sp³-hybridized carbons (Fsp3) is 0.333. The van der Waals surface area contributed by atoms with Gasteiger partial charge in [0.2, 0.25) is 0 Å². The summed E-state index contributed by atoms with van der Waals surface area (Å²) in [6, 6.07) is 14.4. The predicted molar refractivity (Wildman–Crippen MR) is 148 cm³/mol. The maximum Gasteiger partial charge on any atom is 0.258 e. The van der Waals surface area contributed by atoms with Gasteiger partial charge in [-0.15, -0.1) is 37.2 Å². The van der Waals surface area contributed by atoms with E-state index < -0.39 is 0 Å². The summed E-state index contributed by atoms with van der Waals surface area (Å²) in [5, 5.41) is 11.7. The Kier molecular flexibility index (Phi) is 10.6. The van der Waals surface area contributed by atoms with E-state index in [-0.39, 0.29) is 49.2 Å². The van der Waals surface area contributed by atoms with Crippen molar-refractivity contribution in [1.82, 2.24) is 20.4 Å². The molecule has 2 aliphatic heterocycles. The van der Waals surface area contributed by atoms with Gasteiger partial charge in [0.1, 0.15) is 0 Å². The zero-order valence-corrected chi connectivity index (χ0v) is 21.9. The van der Waals surface area contributed by atoms with Crippen LogP contribution in [-0.4, -0.2) is 46.7 Å². The third-order valence-electron chi connectivity index (χ3n) is 6.13. The highest BCUT2D eigenvalue weighted by atomic mass is 35.5. The number of rotatable bonds is 6. The highest BCUT2D eigenvalue weighted by molar-refractivity contribution is 8.04. The van der Waals surface area contributed by atoms with Crippen LogP contribution in [0.1, 0.15) is 30.5 Å². The van der Waals surface area contributed by atoms with Crippen LogP contribution >= 0.6 is 49.0 Å². The van der Waals surface area contributed by atoms with Crippen LogP contribution in [0.3, 0.4) is 0 Å². The van der Waals surface area contributed by atoms with Crippen molar-refractivity contribution in [3.05, 3.63) is 58.6 Å². The zero-order valence-electron chi connectivity index (χ0n) is 18.7. The first-order valence-electron chi connectivity index (χ1n) is 10.9. The van der Waals surface area contributed by atoms with Crippen LogP contribution in [0.4, 0.5) is 5.69 Å². The normalized spacial score (nSPS) is 15.5. The van der Waals surface area contributed by atoms with Crippen LogP contribution < -0.4 is 11.1 Å². The van der Waals surface area contributed by atoms with Crippen LogP contribution in [0.15, 0.2) is 52.3 Å². The number of piperidine rings is 1. The average molecular weight is 543 g/mol. The van der Waals surface area contributed by atoms with Crippen LogP contribution in [-0.2, 0) is 11.2 Å². The van der Waals surface area contributed by atoms with Crippen molar-refractivity contribution in [2.24, 2.45) is 0 Å². The van der Waals surface area contributed by atoms with Crippen molar-refractivity contribution in [1.29, 1.82) is 0 Å². The van der Waals surface area contributed by atoms with Gasteiger partial charge in [-0.25, -0.2) is 0 Å². The van der Waals surface area contributed by atoms with Crippen LogP contribution in [0.25, 0.3) is 17.0 Å². The number of H-pyrrole nitrogens is 1. The number of nitrogens with zero attached hydrogens (tertiary/aromatic N) is 2. The summed E-state index contributed by atoms with van der Waals surface area (Å²) in [4.78, 5) is 17.2. The lowest BCUT2D eigenvalue weighted by molar-refractivity contribution is -0.117. The summed E-state index contributed by atoms with van der Waals surface area (Å²) in [6.45, 7) is 3.16. The molecule has 34 heavy (non-hydrogen) atoms. The number of halogens is 3. The molecule has 3 heterocycles. The fourth-order valence-corrected chi connectivity index (χ4v) is 5.42. The Morgan fingerprint density at radius 3 is 2.59 bits per heavy atom. The monoisotopic (exact) mass is 541 g/mol. The van der Waals surface area contributed by atoms with Gasteiger partial charge in [-0.05, 0) is 68.1 Å². The van der Waals surface area contributed by atoms with E-state index in [1.54, 1.807) is 0 Å². The number of likely N-dealkylation sites (tertiary alicyclic amines) is 1. The highest BCUT2D eigenvalue weighted by Crippen LogP contribution is 2.39. The second kappa shape index (κ2) is 12.7. The Labute approximate surface area is 222 Å². The van der Waals surface area contributed by atoms with Gasteiger partial charge in [0.25, 0.3) is 5.91 Å². The molecule has 0 atom stereocenters. The SMILES string of the molecule is Cl.Cl.Cl.Nc1ccc(CCCN2CCC(NC(=O)C3=Cc4[nH]nc5cccc(c45)S3)CC2)cc1. The van der Waals surface area contributed by atoms with Crippen LogP contribution in [0, 0.1) is 0 Å². The molecule has 0 saturated carbocycles. The van der Waals surface area contributed by atoms with Gasteiger partial charge in [-0.3, -0.25) is 9.89 Å². The minimum absolute atomic E-state index is 0. The smallest absolute Gasteiger partial charge is 0.258 e. The number of carbonyl (C=O) groups excluding carboxylic acids is 1. The first-order chi connectivity index (χ1) is 15.2. The number of nitrogens with two attached hydrogens (primary N) is 1. The molecule has 1 fully saturated rings. The summed E-state index contributed by atoms with van der Waals surface area (Å²) < 4.78 is 0. The average Bonchev–Trinajstić information content (AvgIpc) is 3.21. The molecule has 2 aromatic carbocycles. The lowest BCUT2D eigenvalue weighted by Crippen LogP contribution is -2.45. The molecule has 3 aromatic rings. The van der Waals surface area contributed by atoms with Gasteiger partial charge in [0, 0.05) is 35.1 Å². The number of thioether (sulfide) groups is 1. The maximum absolute atomic E-state index is 12.9. The largest absolute Gasteiger partial charge is 0.399 e. The molecule has 0 spiro atoms. The summed E-state index contributed by atoms with van der Waals surface area (Å²) in [7, 11) is 0. The van der Waals surface area contributed by atoms with Crippen molar-refractivity contribution >= 4 is 77.6 Å². The number of carbonyl (C=O) groups is 1. The minimum Gasteiger partial charge on any atom is -0.399 e. The van der Waals surface area contributed by atoms with Crippen LogP contribution in [0.5, 0.6) is 0 Å². The summed E-state index contributed by atoms with van der Waals surface area (Å²) in [5.41, 5.74) is 9.77. The topological polar surface area (TPSA) is 87.0 Å². The maximum atomic E-state index is 12.9. The van der Waals surface area contributed by atoms with Crippen molar-refractivity contribution < 1.29 is 4.79 Å². The Hall–Kier alpha value is -1.90. The van der Waals surface area contributed by atoms with Crippen molar-refractivity contribution in [3.8, 4) is 0 Å². The van der Waals surface area contributed by atoms with Gasteiger partial charge < -0.3 is 16.0 Å². The summed E-state index contributed by atoms with van der Waals surface area (Å²) in [5.74, 6) is 0.0176. The van der Waals surface area contributed by atoms with E-state index in [0.29, 0.717) is 0 Å². The van der Waals surface area contributed by atoms with Crippen LogP contribution in [0.2, 0.25) is 0 Å². The molecular formula is C24H30Cl3N5OS. The van der Waals surface area contributed by atoms with E-state index in [9.17, 15) is 4.79 Å². The number of benzene rings is 2. The second-order valence-electron chi connectivity index (χ2n) is 8.33. The Morgan fingerprint density at radius 1 is 1.12 bits per heavy atom. The molecule has 0 radical (unpaired) electrons. The van der Waals surface area contributed by atoms with E-state index in [1.165, 1.54) is 17.3 Å². The van der Waals surface area contributed by atoms with Gasteiger partial charge >= 0.3 is 0 Å². The molecule has 1 aromatic heterocycles. The van der Waals surface area contributed by atoms with Gasteiger partial charge in [0.05, 0.1) is 16.1 Å². The number of nitrogens with one attached hydrogen (secondary N) is 2. The molecule has 6 nitrogen and oxygen atoms in total. The molecule has 1 saturated heterocycles. The predicted octanol–water partition coefficient (Wildman–Crippen LogP) is 5.07. The van der Waals surface area contributed by atoms with Gasteiger partial charge in [-0.1, -0.05) is 30.0 Å². The standard InChI is InChI=1S/C24H27N5OS.3ClH/c25-17-8-6-16(7-9-17)3-2-12-29-13-10-18(11-14-29)26-24(30)22-15-20-23-19(27-28-20)4-1-5-21(23)31-22;;;/h1,4-9,15,18H,2-3,10-14,25H2,(H,26,30)(H,27,28);3*1H. The molecule has 184 valence electrons. The van der Waals surface area contributed by atoms with Crippen molar-refractivity contribution in [2.45, 2.75) is 36.6 Å². The Balaban J connectivity index is 0.00000136. The molecule has 2 aliphatic rings. The lowest BCUT2D eigenvalue weighted by atomic mass is 10.0. The molecule has 0 bridgehead atoms. The number of amides is 1. The summed E-state index contributed by atoms with van der Waals surface area (Å²) >= 11 is 1.53. The first-order valence-corrected chi connectivity index (χ1v) is 11.7. The fourth-order valence-electron chi connectivity index (χ4n) is 4.39. The number of hydrogen-bond donors (Lipinski definition) is 3. The minimum atomic E-state index is 0. The number of anilines is 1. The van der Waals surface area contributed by atoms with Crippen molar-refractivity contribution in [2.75, 3.05) is 25.4 Å². The molecule has 5 rings (SSSR count). The highest BCUT2D eigenvalue weighted by Gasteiger charge is 2.25. The molecule has 4 N–H and O–H groups in total. The van der Waals surface area contributed by atoms with E-state index >= 15 is 0 Å². The molecule has 1 amide bonds. The number of aromatic amines is 1. The third kappa shape index (κ3) is 6.40. The van der Waals surface area contributed by atoms with Gasteiger partial charge in [-0.2, -0.15) is 5.10 Å². The number of aromatic nitrogens is 2. The molecule has 0 unspecified atom stereocenters. The van der Waals surface area contributed by atoms with E-state index in [4.69, 9.17) is 5.73 Å². The van der Waals surface area contributed by atoms with Gasteiger partial charge in [0.15, 0.2) is 0 Å². The Morgan fingerprint density at radius 2 is 1.85 bits per heavy atom. The summed E-state index contributed by atoms with van der Waals surface area (Å²) in [6.07, 6.45) is 6.13. The van der Waals surface area contributed by atoms with E-state index in [0.717, 1.165) is 77.4 Å². The molecule has 0 aliphatic carbocycles. The first kappa shape index (κ1) is 28.3. The number of hydrogen-bond acceptors (Lipinski definition) is 5. The van der Waals surface area contributed by atoms with E-state index in [1.807, 2.05) is 30.3 Å². The van der Waals surface area contributed by atoms with Crippen molar-refractivity contribution in [3.63, 3.8) is 0 Å². The second-order valence-corrected chi connectivity index (χ2v) is 9.42. The quantitative estimate of drug-likeness (QED) is 0.379. The number of nitrogen functional groups attached to an aromatic ring is 1. The van der Waals surface area contributed by atoms with E-state index in [2.05, 4.69) is 38.6 Å². The zero-order chi connectivity index (χ0) is 21.2. The lowest BCUT2D eigenvalue weighted by Gasteiger charge is -2.32. The third-order valence-corrected chi connectivity index (χ3v) is 7.22. The molecular weight excluding hydrogens is 513 g/mol. The molecule has 10 heteroatoms. The Bertz CT molecular complexity index is 1130. The number of aryl methyl sites for hydroxylation is 1.